The first-order valence-electron chi connectivity index (χ1n) is 3.33. The molecule has 2 nitrogen and oxygen atoms in total. The minimum Gasteiger partial charge on any atom is -0.249 e. The topological polar surface area (TPSA) is 15.9 Å². The van der Waals surface area contributed by atoms with Crippen molar-refractivity contribution in [3.63, 3.8) is 0 Å². The van der Waals surface area contributed by atoms with Crippen molar-refractivity contribution in [2.75, 3.05) is 14.1 Å². The Kier molecular flexibility index (Phi) is 2.60. The third kappa shape index (κ3) is 2.02. The highest BCUT2D eigenvalue weighted by atomic mass is 35.5. The van der Waals surface area contributed by atoms with E-state index in [0.29, 0.717) is 5.17 Å². The van der Waals surface area contributed by atoms with Gasteiger partial charge in [-0.15, -0.1) is 0 Å². The average Bonchev–Trinajstić information content (AvgIpc) is 2.05. The first-order chi connectivity index (χ1) is 5.22. The van der Waals surface area contributed by atoms with Crippen molar-refractivity contribution in [2.45, 2.75) is 0 Å². The number of rotatable bonds is 1. The molecule has 1 heterocycles. The van der Waals surface area contributed by atoms with Gasteiger partial charge in [-0.3, -0.25) is 0 Å². The van der Waals surface area contributed by atoms with Crippen molar-refractivity contribution in [3.05, 3.63) is 30.1 Å². The van der Waals surface area contributed by atoms with E-state index in [0.717, 1.165) is 5.69 Å². The van der Waals surface area contributed by atoms with Crippen molar-refractivity contribution in [3.8, 4) is 0 Å². The third-order valence-electron chi connectivity index (χ3n) is 1.27. The van der Waals surface area contributed by atoms with Crippen LogP contribution < -0.4 is 0 Å². The van der Waals surface area contributed by atoms with Gasteiger partial charge >= 0.3 is 0 Å². The molecule has 0 radical (unpaired) electrons. The molecule has 0 saturated carbocycles. The lowest BCUT2D eigenvalue weighted by Crippen LogP contribution is -2.09. The predicted octanol–water partition coefficient (Wildman–Crippen LogP) is 1.34. The quantitative estimate of drug-likeness (QED) is 0.458. The van der Waals surface area contributed by atoms with Crippen molar-refractivity contribution < 1.29 is 4.58 Å². The van der Waals surface area contributed by atoms with E-state index in [1.807, 2.05) is 36.9 Å². The molecule has 0 aliphatic heterocycles. The molecule has 1 aromatic heterocycles. The van der Waals surface area contributed by atoms with E-state index in [2.05, 4.69) is 4.98 Å². The van der Waals surface area contributed by atoms with Crippen LogP contribution in [0.5, 0.6) is 0 Å². The number of nitrogens with zero attached hydrogens (tertiary/aromatic N) is 2. The van der Waals surface area contributed by atoms with E-state index in [4.69, 9.17) is 11.6 Å². The van der Waals surface area contributed by atoms with Crippen LogP contribution in [0.25, 0.3) is 0 Å². The standard InChI is InChI=1S/C8H10ClN2/c1-11(2)8(9)7-5-3-4-6-10-7/h3-6H,1-2H3/q+1. The van der Waals surface area contributed by atoms with Crippen LogP contribution in [0.1, 0.15) is 5.69 Å². The maximum Gasteiger partial charge on any atom is 0.295 e. The number of hydrogen-bond donors (Lipinski definition) is 0. The summed E-state index contributed by atoms with van der Waals surface area (Å²) in [5.41, 5.74) is 0.805. The summed E-state index contributed by atoms with van der Waals surface area (Å²) in [6.07, 6.45) is 1.72. The molecule has 11 heavy (non-hydrogen) atoms. The fourth-order valence-corrected chi connectivity index (χ4v) is 0.826. The molecule has 0 bridgehead atoms. The van der Waals surface area contributed by atoms with Crippen molar-refractivity contribution in [1.82, 2.24) is 4.98 Å². The highest BCUT2D eigenvalue weighted by Crippen LogP contribution is 1.98. The van der Waals surface area contributed by atoms with Gasteiger partial charge in [-0.2, -0.15) is 0 Å². The summed E-state index contributed by atoms with van der Waals surface area (Å²) in [5, 5.41) is 0.658. The van der Waals surface area contributed by atoms with Gasteiger partial charge in [0.05, 0.1) is 0 Å². The molecule has 0 saturated heterocycles. The predicted molar refractivity (Wildman–Crippen MR) is 46.3 cm³/mol. The molecule has 0 N–H and O–H groups in total. The SMILES string of the molecule is C[N+](C)=C(Cl)c1ccccn1. The van der Waals surface area contributed by atoms with E-state index in [9.17, 15) is 0 Å². The first-order valence-corrected chi connectivity index (χ1v) is 3.71. The fourth-order valence-electron chi connectivity index (χ4n) is 0.714. The monoisotopic (exact) mass is 169 g/mol. The second kappa shape index (κ2) is 3.49. The van der Waals surface area contributed by atoms with Crippen LogP contribution in [0.4, 0.5) is 0 Å². The molecule has 0 unspecified atom stereocenters. The molecule has 0 aromatic carbocycles. The summed E-state index contributed by atoms with van der Waals surface area (Å²) in [6.45, 7) is 0. The van der Waals surface area contributed by atoms with Crippen molar-refractivity contribution in [1.29, 1.82) is 0 Å². The Morgan fingerprint density at radius 3 is 2.64 bits per heavy atom. The summed E-state index contributed by atoms with van der Waals surface area (Å²) < 4.78 is 1.82. The molecule has 0 spiro atoms. The lowest BCUT2D eigenvalue weighted by atomic mass is 10.4. The van der Waals surface area contributed by atoms with Gasteiger partial charge in [-0.05, 0) is 23.7 Å². The van der Waals surface area contributed by atoms with Gasteiger partial charge in [0.15, 0.2) is 0 Å². The molecule has 0 aliphatic carbocycles. The second-order valence-corrected chi connectivity index (χ2v) is 2.76. The summed E-state index contributed by atoms with van der Waals surface area (Å²) in [4.78, 5) is 4.09. The third-order valence-corrected chi connectivity index (χ3v) is 1.80. The first kappa shape index (κ1) is 8.21. The Morgan fingerprint density at radius 1 is 1.45 bits per heavy atom. The molecule has 0 atom stereocenters. The Labute approximate surface area is 71.2 Å². The number of aromatic nitrogens is 1. The van der Waals surface area contributed by atoms with Crippen LogP contribution in [0.2, 0.25) is 0 Å². The van der Waals surface area contributed by atoms with Crippen LogP contribution in [0.15, 0.2) is 24.4 Å². The Bertz CT molecular complexity index is 263. The van der Waals surface area contributed by atoms with Gasteiger partial charge in [-0.25, -0.2) is 9.56 Å². The van der Waals surface area contributed by atoms with Gasteiger partial charge in [-0.1, -0.05) is 6.07 Å². The van der Waals surface area contributed by atoms with Gasteiger partial charge in [0.25, 0.3) is 5.17 Å². The summed E-state index contributed by atoms with van der Waals surface area (Å²) in [7, 11) is 3.77. The molecule has 58 valence electrons. The molecule has 1 aromatic rings. The fraction of sp³-hybridized carbons (Fsp3) is 0.250. The molecule has 0 fully saturated rings. The maximum absolute atomic E-state index is 5.92. The lowest BCUT2D eigenvalue weighted by Gasteiger charge is -1.92. The Hall–Kier alpha value is -0.890. The van der Waals surface area contributed by atoms with Crippen LogP contribution in [0.3, 0.4) is 0 Å². The number of hydrogen-bond acceptors (Lipinski definition) is 1. The lowest BCUT2D eigenvalue weighted by molar-refractivity contribution is -0.461. The number of halogens is 1. The zero-order valence-electron chi connectivity index (χ0n) is 6.58. The highest BCUT2D eigenvalue weighted by molar-refractivity contribution is 6.67. The summed E-state index contributed by atoms with van der Waals surface area (Å²) in [6, 6.07) is 5.65. The highest BCUT2D eigenvalue weighted by Gasteiger charge is 2.06. The van der Waals surface area contributed by atoms with E-state index in [1.54, 1.807) is 6.20 Å². The molecule has 3 heteroatoms. The van der Waals surface area contributed by atoms with Gasteiger partial charge in [0.1, 0.15) is 19.8 Å². The van der Waals surface area contributed by atoms with Crippen LogP contribution >= 0.6 is 11.6 Å². The van der Waals surface area contributed by atoms with Gasteiger partial charge in [0.2, 0.25) is 0 Å². The van der Waals surface area contributed by atoms with E-state index >= 15 is 0 Å². The minimum absolute atomic E-state index is 0.658. The smallest absolute Gasteiger partial charge is 0.249 e. The van der Waals surface area contributed by atoms with E-state index in [1.165, 1.54) is 0 Å². The Morgan fingerprint density at radius 2 is 2.18 bits per heavy atom. The van der Waals surface area contributed by atoms with Crippen molar-refractivity contribution >= 4 is 16.8 Å². The normalized spacial score (nSPS) is 9.36. The summed E-state index contributed by atoms with van der Waals surface area (Å²) in [5.74, 6) is 0. The second-order valence-electron chi connectivity index (χ2n) is 2.40. The molecular weight excluding hydrogens is 160 g/mol. The molecule has 0 aliphatic rings. The zero-order valence-corrected chi connectivity index (χ0v) is 7.34. The number of pyridine rings is 1. The van der Waals surface area contributed by atoms with Crippen LogP contribution in [-0.2, 0) is 0 Å². The molecule has 0 amide bonds. The maximum atomic E-state index is 5.92. The zero-order chi connectivity index (χ0) is 8.27. The largest absolute Gasteiger partial charge is 0.295 e. The van der Waals surface area contributed by atoms with Crippen molar-refractivity contribution in [2.24, 2.45) is 0 Å². The molecular formula is C8H10ClN2+. The Balaban J connectivity index is 3.04. The van der Waals surface area contributed by atoms with Crippen LogP contribution in [-0.4, -0.2) is 28.8 Å². The van der Waals surface area contributed by atoms with E-state index < -0.39 is 0 Å². The van der Waals surface area contributed by atoms with Crippen LogP contribution in [0, 0.1) is 0 Å². The minimum atomic E-state index is 0.658. The molecule has 1 rings (SSSR count). The van der Waals surface area contributed by atoms with Gasteiger partial charge < -0.3 is 0 Å². The summed E-state index contributed by atoms with van der Waals surface area (Å²) >= 11 is 5.92. The van der Waals surface area contributed by atoms with Gasteiger partial charge in [0, 0.05) is 6.20 Å². The average molecular weight is 170 g/mol. The van der Waals surface area contributed by atoms with E-state index in [-0.39, 0.29) is 0 Å².